The molecule has 6 heteroatoms. The highest BCUT2D eigenvalue weighted by molar-refractivity contribution is 14.0. The van der Waals surface area contributed by atoms with Crippen molar-refractivity contribution in [2.45, 2.75) is 38.2 Å². The second-order valence-electron chi connectivity index (χ2n) is 5.52. The smallest absolute Gasteiger partial charge is 0.193 e. The molecular weight excluding hydrogens is 393 g/mol. The number of hydrogen-bond donors (Lipinski definition) is 1. The quantitative estimate of drug-likeness (QED) is 0.214. The molecule has 0 amide bonds. The molecule has 0 aromatic rings. The van der Waals surface area contributed by atoms with Crippen LogP contribution < -0.4 is 5.32 Å². The molecule has 5 nitrogen and oxygen atoms in total. The zero-order chi connectivity index (χ0) is 15.6. The van der Waals surface area contributed by atoms with Gasteiger partial charge in [0, 0.05) is 53.3 Å². The lowest BCUT2D eigenvalue weighted by atomic mass is 9.94. The fourth-order valence-electron chi connectivity index (χ4n) is 2.44. The van der Waals surface area contributed by atoms with Gasteiger partial charge in [0.2, 0.25) is 0 Å². The molecule has 1 heterocycles. The van der Waals surface area contributed by atoms with Crippen LogP contribution in [0.4, 0.5) is 0 Å². The van der Waals surface area contributed by atoms with Crippen LogP contribution in [0.2, 0.25) is 0 Å². The first-order valence-corrected chi connectivity index (χ1v) is 7.90. The molecule has 0 spiro atoms. The third kappa shape index (κ3) is 7.28. The summed E-state index contributed by atoms with van der Waals surface area (Å²) in [6.07, 6.45) is 5.90. The van der Waals surface area contributed by atoms with E-state index in [0.29, 0.717) is 6.54 Å². The third-order valence-corrected chi connectivity index (χ3v) is 3.95. The summed E-state index contributed by atoms with van der Waals surface area (Å²) < 4.78 is 11.2. The van der Waals surface area contributed by atoms with Gasteiger partial charge in [-0.15, -0.1) is 30.6 Å². The second-order valence-corrected chi connectivity index (χ2v) is 5.52. The molecule has 1 saturated heterocycles. The highest BCUT2D eigenvalue weighted by Crippen LogP contribution is 2.24. The minimum absolute atomic E-state index is 0. The van der Waals surface area contributed by atoms with Crippen molar-refractivity contribution in [1.29, 1.82) is 0 Å². The third-order valence-electron chi connectivity index (χ3n) is 3.95. The molecule has 0 unspecified atom stereocenters. The highest BCUT2D eigenvalue weighted by atomic mass is 127. The normalized spacial score (nSPS) is 17.5. The summed E-state index contributed by atoms with van der Waals surface area (Å²) in [6, 6.07) is 0. The Balaban J connectivity index is 0.00000441. The SMILES string of the molecule is C=CCCCN(C)C(=NCC1(OC)CCOCC1)NCC.I. The van der Waals surface area contributed by atoms with Crippen molar-refractivity contribution in [3.05, 3.63) is 12.7 Å². The van der Waals surface area contributed by atoms with Crippen LogP contribution >= 0.6 is 24.0 Å². The second kappa shape index (κ2) is 12.1. The number of nitrogens with one attached hydrogen (secondary N) is 1. The predicted molar refractivity (Wildman–Crippen MR) is 103 cm³/mol. The Hall–Kier alpha value is -0.340. The fraction of sp³-hybridized carbons (Fsp3) is 0.812. The van der Waals surface area contributed by atoms with E-state index in [-0.39, 0.29) is 29.6 Å². The molecule has 0 saturated carbocycles. The number of unbranched alkanes of at least 4 members (excludes halogenated alkanes) is 1. The van der Waals surface area contributed by atoms with Crippen LogP contribution in [0.15, 0.2) is 17.6 Å². The molecule has 1 N–H and O–H groups in total. The largest absolute Gasteiger partial charge is 0.381 e. The number of rotatable bonds is 8. The summed E-state index contributed by atoms with van der Waals surface area (Å²) in [5.74, 6) is 0.949. The first-order valence-electron chi connectivity index (χ1n) is 7.90. The Morgan fingerprint density at radius 1 is 1.45 bits per heavy atom. The molecule has 1 aliphatic rings. The number of halogens is 1. The topological polar surface area (TPSA) is 46.1 Å². The van der Waals surface area contributed by atoms with Crippen molar-refractivity contribution < 1.29 is 9.47 Å². The van der Waals surface area contributed by atoms with E-state index in [2.05, 4.69) is 30.8 Å². The zero-order valence-electron chi connectivity index (χ0n) is 14.3. The Bertz CT molecular complexity index is 331. The Morgan fingerprint density at radius 3 is 2.68 bits per heavy atom. The number of guanidine groups is 1. The van der Waals surface area contributed by atoms with Crippen LogP contribution in [0, 0.1) is 0 Å². The van der Waals surface area contributed by atoms with Crippen LogP contribution in [-0.2, 0) is 9.47 Å². The van der Waals surface area contributed by atoms with Crippen molar-refractivity contribution >= 4 is 29.9 Å². The van der Waals surface area contributed by atoms with E-state index < -0.39 is 0 Å². The van der Waals surface area contributed by atoms with Gasteiger partial charge in [0.05, 0.1) is 12.1 Å². The number of hydrogen-bond acceptors (Lipinski definition) is 3. The fourth-order valence-corrected chi connectivity index (χ4v) is 2.44. The summed E-state index contributed by atoms with van der Waals surface area (Å²) >= 11 is 0. The number of ether oxygens (including phenoxy) is 2. The number of methoxy groups -OCH3 is 1. The maximum Gasteiger partial charge on any atom is 0.193 e. The lowest BCUT2D eigenvalue weighted by Crippen LogP contribution is -2.44. The molecule has 0 aromatic carbocycles. The van der Waals surface area contributed by atoms with E-state index >= 15 is 0 Å². The number of allylic oxidation sites excluding steroid dienone is 1. The van der Waals surface area contributed by atoms with Crippen LogP contribution in [0.3, 0.4) is 0 Å². The van der Waals surface area contributed by atoms with Gasteiger partial charge >= 0.3 is 0 Å². The maximum atomic E-state index is 5.74. The van der Waals surface area contributed by atoms with Gasteiger partial charge in [-0.1, -0.05) is 6.08 Å². The van der Waals surface area contributed by atoms with E-state index in [1.54, 1.807) is 7.11 Å². The summed E-state index contributed by atoms with van der Waals surface area (Å²) in [5, 5.41) is 3.35. The van der Waals surface area contributed by atoms with Crippen LogP contribution in [-0.4, -0.2) is 63.5 Å². The van der Waals surface area contributed by atoms with Gasteiger partial charge in [0.15, 0.2) is 5.96 Å². The van der Waals surface area contributed by atoms with Crippen molar-refractivity contribution in [3.8, 4) is 0 Å². The number of nitrogens with zero attached hydrogens (tertiary/aromatic N) is 2. The van der Waals surface area contributed by atoms with E-state index in [1.165, 1.54) is 0 Å². The van der Waals surface area contributed by atoms with Gasteiger partial charge in [-0.05, 0) is 19.8 Å². The molecule has 1 rings (SSSR count). The maximum absolute atomic E-state index is 5.74. The summed E-state index contributed by atoms with van der Waals surface area (Å²) in [4.78, 5) is 6.96. The van der Waals surface area contributed by atoms with Gasteiger partial charge in [-0.3, -0.25) is 4.99 Å². The van der Waals surface area contributed by atoms with E-state index in [9.17, 15) is 0 Å². The van der Waals surface area contributed by atoms with Crippen molar-refractivity contribution in [2.75, 3.05) is 47.0 Å². The van der Waals surface area contributed by atoms with Gasteiger partial charge in [0.1, 0.15) is 0 Å². The molecule has 130 valence electrons. The first kappa shape index (κ1) is 21.7. The molecule has 1 fully saturated rings. The Labute approximate surface area is 152 Å². The average Bonchev–Trinajstić information content (AvgIpc) is 2.52. The van der Waals surface area contributed by atoms with Gasteiger partial charge in [-0.2, -0.15) is 0 Å². The average molecular weight is 425 g/mol. The van der Waals surface area contributed by atoms with Crippen LogP contribution in [0.1, 0.15) is 32.6 Å². The molecule has 22 heavy (non-hydrogen) atoms. The zero-order valence-corrected chi connectivity index (χ0v) is 16.6. The van der Waals surface area contributed by atoms with Gasteiger partial charge in [0.25, 0.3) is 0 Å². The predicted octanol–water partition coefficient (Wildman–Crippen LogP) is 2.66. The van der Waals surface area contributed by atoms with Gasteiger partial charge in [-0.25, -0.2) is 0 Å². The van der Waals surface area contributed by atoms with E-state index in [4.69, 9.17) is 14.5 Å². The molecule has 0 atom stereocenters. The minimum Gasteiger partial charge on any atom is -0.381 e. The molecule has 0 aliphatic carbocycles. The van der Waals surface area contributed by atoms with Crippen molar-refractivity contribution in [2.24, 2.45) is 4.99 Å². The lowest BCUT2D eigenvalue weighted by molar-refractivity contribution is -0.0829. The summed E-state index contributed by atoms with van der Waals surface area (Å²) in [5.41, 5.74) is -0.166. The standard InChI is InChI=1S/C16H31N3O2.HI/c1-5-7-8-11-19(3)15(17-6-2)18-14-16(20-4)9-12-21-13-10-16;/h5H,1,6-14H2,2-4H3,(H,17,18);1H. The molecule has 0 bridgehead atoms. The Kier molecular flexibility index (Phi) is 11.9. The van der Waals surface area contributed by atoms with Crippen molar-refractivity contribution in [1.82, 2.24) is 10.2 Å². The van der Waals surface area contributed by atoms with Crippen LogP contribution in [0.25, 0.3) is 0 Å². The summed E-state index contributed by atoms with van der Waals surface area (Å²) in [7, 11) is 3.86. The molecule has 1 aliphatic heterocycles. The van der Waals surface area contributed by atoms with Crippen molar-refractivity contribution in [3.63, 3.8) is 0 Å². The molecular formula is C16H32IN3O2. The van der Waals surface area contributed by atoms with Crippen LogP contribution in [0.5, 0.6) is 0 Å². The lowest BCUT2D eigenvalue weighted by Gasteiger charge is -2.35. The minimum atomic E-state index is -0.166. The monoisotopic (exact) mass is 425 g/mol. The summed E-state index contributed by atoms with van der Waals surface area (Å²) in [6.45, 7) is 9.90. The molecule has 0 radical (unpaired) electrons. The molecule has 0 aromatic heterocycles. The van der Waals surface area contributed by atoms with E-state index in [1.807, 2.05) is 6.08 Å². The number of aliphatic imine (C=N–C) groups is 1. The Morgan fingerprint density at radius 2 is 2.14 bits per heavy atom. The van der Waals surface area contributed by atoms with E-state index in [0.717, 1.165) is 57.9 Å². The first-order chi connectivity index (χ1) is 10.2. The van der Waals surface area contributed by atoms with Gasteiger partial charge < -0.3 is 19.7 Å². The highest BCUT2D eigenvalue weighted by Gasteiger charge is 2.32.